The lowest BCUT2D eigenvalue weighted by Gasteiger charge is -2.20. The fourth-order valence-corrected chi connectivity index (χ4v) is 5.08. The molecule has 0 fully saturated rings. The fraction of sp³-hybridized carbons (Fsp3) is 0.444. The predicted molar refractivity (Wildman–Crippen MR) is 142 cm³/mol. The summed E-state index contributed by atoms with van der Waals surface area (Å²) in [5, 5.41) is 13.7. The molecule has 0 aliphatic heterocycles. The Morgan fingerprint density at radius 2 is 1.94 bits per heavy atom. The third-order valence-electron chi connectivity index (χ3n) is 6.04. The Labute approximate surface area is 212 Å². The molecule has 0 saturated heterocycles. The summed E-state index contributed by atoms with van der Waals surface area (Å²) in [5.41, 5.74) is 4.46. The Balaban J connectivity index is 1.92. The molecule has 34 heavy (non-hydrogen) atoms. The van der Waals surface area contributed by atoms with E-state index in [1.54, 1.807) is 11.8 Å². The second-order valence-corrected chi connectivity index (χ2v) is 10.2. The molecule has 3 rings (SSSR count). The molecule has 7 heteroatoms. The molecule has 0 aliphatic rings. The molecule has 1 aromatic heterocycles. The minimum Gasteiger partial charge on any atom is -0.346 e. The molecular weight excluding hydrogens is 464 g/mol. The van der Waals surface area contributed by atoms with Crippen LogP contribution in [0.25, 0.3) is 5.69 Å². The third-order valence-corrected chi connectivity index (χ3v) is 7.27. The minimum absolute atomic E-state index is 0.0156. The number of thioether (sulfide) groups is 1. The van der Waals surface area contributed by atoms with Gasteiger partial charge in [0, 0.05) is 16.7 Å². The van der Waals surface area contributed by atoms with Crippen LogP contribution in [0.4, 0.5) is 0 Å². The van der Waals surface area contributed by atoms with E-state index < -0.39 is 0 Å². The second kappa shape index (κ2) is 12.4. The molecule has 2 aromatic carbocycles. The molecule has 182 valence electrons. The zero-order valence-corrected chi connectivity index (χ0v) is 22.3. The van der Waals surface area contributed by atoms with Gasteiger partial charge >= 0.3 is 0 Å². The molecule has 1 amide bonds. The van der Waals surface area contributed by atoms with E-state index in [1.807, 2.05) is 36.6 Å². The van der Waals surface area contributed by atoms with Crippen molar-refractivity contribution in [3.05, 3.63) is 70.0 Å². The SMILES string of the molecule is CCCCC(CC)C(=O)NC(C)c1nnc(SCc2cccc(C)c2)n1-c1cc(Cl)ccc1C. The van der Waals surface area contributed by atoms with Gasteiger partial charge in [-0.25, -0.2) is 0 Å². The number of carbonyl (C=O) groups is 1. The molecule has 0 radical (unpaired) electrons. The number of amides is 1. The second-order valence-electron chi connectivity index (χ2n) is 8.86. The van der Waals surface area contributed by atoms with Gasteiger partial charge in [0.15, 0.2) is 11.0 Å². The third kappa shape index (κ3) is 6.63. The molecule has 0 bridgehead atoms. The lowest BCUT2D eigenvalue weighted by atomic mass is 9.98. The fourth-order valence-electron chi connectivity index (χ4n) is 4.02. The molecule has 2 atom stereocenters. The standard InChI is InChI=1S/C27H35ClN4OS/c1-6-8-12-22(7-2)26(33)29-20(5)25-30-31-27(34-17-21-11-9-10-18(3)15-21)32(25)24-16-23(28)14-13-19(24)4/h9-11,13-16,20,22H,6-8,12,17H2,1-5H3,(H,29,33). The van der Waals surface area contributed by atoms with Crippen molar-refractivity contribution in [2.45, 2.75) is 77.3 Å². The first kappa shape index (κ1) is 26.3. The molecule has 1 heterocycles. The molecule has 3 aromatic rings. The van der Waals surface area contributed by atoms with E-state index in [2.05, 4.69) is 60.6 Å². The van der Waals surface area contributed by atoms with Crippen LogP contribution >= 0.6 is 23.4 Å². The number of aromatic nitrogens is 3. The number of hydrogen-bond acceptors (Lipinski definition) is 4. The van der Waals surface area contributed by atoms with Gasteiger partial charge in [0.05, 0.1) is 11.7 Å². The van der Waals surface area contributed by atoms with Crippen LogP contribution in [0.3, 0.4) is 0 Å². The quantitative estimate of drug-likeness (QED) is 0.283. The van der Waals surface area contributed by atoms with Gasteiger partial charge in [0.1, 0.15) is 0 Å². The summed E-state index contributed by atoms with van der Waals surface area (Å²) in [6.45, 7) is 10.3. The van der Waals surface area contributed by atoms with Crippen LogP contribution in [0.2, 0.25) is 5.02 Å². The molecule has 0 saturated carbocycles. The van der Waals surface area contributed by atoms with Crippen molar-refractivity contribution in [2.24, 2.45) is 5.92 Å². The van der Waals surface area contributed by atoms with E-state index >= 15 is 0 Å². The smallest absolute Gasteiger partial charge is 0.223 e. The highest BCUT2D eigenvalue weighted by atomic mass is 35.5. The summed E-state index contributed by atoms with van der Waals surface area (Å²) in [6.07, 6.45) is 3.88. The Bertz CT molecular complexity index is 1110. The minimum atomic E-state index is -0.289. The van der Waals surface area contributed by atoms with E-state index in [0.29, 0.717) is 10.8 Å². The lowest BCUT2D eigenvalue weighted by molar-refractivity contribution is -0.126. The highest BCUT2D eigenvalue weighted by Gasteiger charge is 2.24. The number of nitrogens with zero attached hydrogens (tertiary/aromatic N) is 3. The normalized spacial score (nSPS) is 13.0. The zero-order valence-electron chi connectivity index (χ0n) is 20.8. The number of hydrogen-bond donors (Lipinski definition) is 1. The van der Waals surface area contributed by atoms with E-state index in [1.165, 1.54) is 11.1 Å². The number of unbranched alkanes of at least 4 members (excludes halogenated alkanes) is 1. The summed E-state index contributed by atoms with van der Waals surface area (Å²) in [5.74, 6) is 1.57. The number of benzene rings is 2. The van der Waals surface area contributed by atoms with E-state index in [4.69, 9.17) is 11.6 Å². The average molecular weight is 499 g/mol. The number of carbonyl (C=O) groups excluding carboxylic acids is 1. The Morgan fingerprint density at radius 1 is 1.15 bits per heavy atom. The Morgan fingerprint density at radius 3 is 2.65 bits per heavy atom. The average Bonchev–Trinajstić information content (AvgIpc) is 3.23. The first-order valence-electron chi connectivity index (χ1n) is 12.0. The van der Waals surface area contributed by atoms with E-state index in [-0.39, 0.29) is 17.9 Å². The molecule has 1 N–H and O–H groups in total. The van der Waals surface area contributed by atoms with Crippen LogP contribution in [0.15, 0.2) is 47.6 Å². The molecule has 0 aliphatic carbocycles. The summed E-state index contributed by atoms with van der Waals surface area (Å²) < 4.78 is 2.04. The van der Waals surface area contributed by atoms with Crippen LogP contribution in [-0.4, -0.2) is 20.7 Å². The molecular formula is C27H35ClN4OS. The van der Waals surface area contributed by atoms with E-state index in [9.17, 15) is 4.79 Å². The van der Waals surface area contributed by atoms with Gasteiger partial charge in [-0.15, -0.1) is 10.2 Å². The maximum Gasteiger partial charge on any atom is 0.223 e. The Kier molecular flexibility index (Phi) is 9.60. The van der Waals surface area contributed by atoms with Crippen molar-refractivity contribution >= 4 is 29.3 Å². The van der Waals surface area contributed by atoms with Gasteiger partial charge in [-0.3, -0.25) is 9.36 Å². The number of rotatable bonds is 11. The molecule has 0 spiro atoms. The summed E-state index contributed by atoms with van der Waals surface area (Å²) in [6, 6.07) is 14.0. The largest absolute Gasteiger partial charge is 0.346 e. The lowest BCUT2D eigenvalue weighted by Crippen LogP contribution is -2.34. The van der Waals surface area contributed by atoms with Crippen molar-refractivity contribution in [3.63, 3.8) is 0 Å². The van der Waals surface area contributed by atoms with Crippen molar-refractivity contribution in [2.75, 3.05) is 0 Å². The maximum absolute atomic E-state index is 13.0. The van der Waals surface area contributed by atoms with Gasteiger partial charge in [0.2, 0.25) is 5.91 Å². The number of halogens is 1. The first-order valence-corrected chi connectivity index (χ1v) is 13.4. The van der Waals surface area contributed by atoms with Crippen LogP contribution in [0.5, 0.6) is 0 Å². The zero-order chi connectivity index (χ0) is 24.7. The summed E-state index contributed by atoms with van der Waals surface area (Å²) in [7, 11) is 0. The van der Waals surface area contributed by atoms with Crippen LogP contribution in [0, 0.1) is 19.8 Å². The molecule has 5 nitrogen and oxygen atoms in total. The monoisotopic (exact) mass is 498 g/mol. The predicted octanol–water partition coefficient (Wildman–Crippen LogP) is 7.22. The van der Waals surface area contributed by atoms with Gasteiger partial charge < -0.3 is 5.32 Å². The number of nitrogens with one attached hydrogen (secondary N) is 1. The van der Waals surface area contributed by atoms with E-state index in [0.717, 1.165) is 47.8 Å². The Hall–Kier alpha value is -2.31. The number of aryl methyl sites for hydroxylation is 2. The van der Waals surface area contributed by atoms with Crippen LogP contribution < -0.4 is 5.32 Å². The highest BCUT2D eigenvalue weighted by molar-refractivity contribution is 7.98. The van der Waals surface area contributed by atoms with Crippen molar-refractivity contribution in [1.29, 1.82) is 0 Å². The maximum atomic E-state index is 13.0. The first-order chi connectivity index (χ1) is 16.3. The van der Waals surface area contributed by atoms with Crippen LogP contribution in [0.1, 0.15) is 75.0 Å². The van der Waals surface area contributed by atoms with Crippen molar-refractivity contribution in [1.82, 2.24) is 20.1 Å². The van der Waals surface area contributed by atoms with Gasteiger partial charge in [-0.2, -0.15) is 0 Å². The topological polar surface area (TPSA) is 59.8 Å². The summed E-state index contributed by atoms with van der Waals surface area (Å²) in [4.78, 5) is 13.0. The van der Waals surface area contributed by atoms with Gasteiger partial charge in [0.25, 0.3) is 0 Å². The van der Waals surface area contributed by atoms with Gasteiger partial charge in [-0.05, 0) is 56.9 Å². The highest BCUT2D eigenvalue weighted by Crippen LogP contribution is 2.30. The molecule has 2 unspecified atom stereocenters. The van der Waals surface area contributed by atoms with Gasteiger partial charge in [-0.1, -0.05) is 85.9 Å². The van der Waals surface area contributed by atoms with Crippen molar-refractivity contribution < 1.29 is 4.79 Å². The van der Waals surface area contributed by atoms with Crippen LogP contribution in [-0.2, 0) is 10.5 Å². The van der Waals surface area contributed by atoms with Crippen molar-refractivity contribution in [3.8, 4) is 5.69 Å². The summed E-state index contributed by atoms with van der Waals surface area (Å²) >= 11 is 8.00.